The number of rotatable bonds is 4. The second-order valence-corrected chi connectivity index (χ2v) is 7.76. The van der Waals surface area contributed by atoms with Crippen LogP contribution in [0.1, 0.15) is 39.5 Å². The molecule has 0 saturated carbocycles. The van der Waals surface area contributed by atoms with E-state index in [-0.39, 0.29) is 50.4 Å². The Morgan fingerprint density at radius 3 is 2.36 bits per heavy atom. The van der Waals surface area contributed by atoms with Gasteiger partial charge in [0.05, 0.1) is 6.61 Å². The quantitative estimate of drug-likeness (QED) is 0.469. The molecule has 5 N–H and O–H groups in total. The number of β-amino-alcohol motifs (C(OH)–C–C–N with tert-alkyl or cyclic N) is 1. The fraction of sp³-hybridized carbons (Fsp3) is 0.895. The van der Waals surface area contributed by atoms with E-state index in [0.29, 0.717) is 32.5 Å². The van der Waals surface area contributed by atoms with Crippen molar-refractivity contribution in [1.29, 1.82) is 0 Å². The minimum atomic E-state index is -1.42. The summed E-state index contributed by atoms with van der Waals surface area (Å²) in [4.78, 5) is 28.1. The number of carbonyl (C=O) groups is 2. The first-order valence-corrected chi connectivity index (χ1v) is 10.1. The van der Waals surface area contributed by atoms with E-state index >= 15 is 0 Å². The van der Waals surface area contributed by atoms with Crippen LogP contribution in [0.4, 0.5) is 0 Å². The van der Waals surface area contributed by atoms with Crippen LogP contribution in [0.15, 0.2) is 0 Å². The van der Waals surface area contributed by atoms with Gasteiger partial charge in [0.15, 0.2) is 0 Å². The summed E-state index contributed by atoms with van der Waals surface area (Å²) >= 11 is 0. The summed E-state index contributed by atoms with van der Waals surface area (Å²) in [7, 11) is 0. The van der Waals surface area contributed by atoms with E-state index in [1.807, 2.05) is 13.8 Å². The fourth-order valence-electron chi connectivity index (χ4n) is 3.08. The molecule has 164 valence electrons. The van der Waals surface area contributed by atoms with Gasteiger partial charge < -0.3 is 35.6 Å². The zero-order valence-corrected chi connectivity index (χ0v) is 17.1. The molecule has 1 rings (SSSR count). The van der Waals surface area contributed by atoms with Gasteiger partial charge in [-0.3, -0.25) is 9.59 Å². The van der Waals surface area contributed by atoms with Crippen molar-refractivity contribution in [1.82, 2.24) is 9.80 Å². The van der Waals surface area contributed by atoms with E-state index in [9.17, 15) is 24.9 Å². The van der Waals surface area contributed by atoms with Crippen molar-refractivity contribution in [3.8, 4) is 0 Å². The Hall–Kier alpha value is -1.26. The Kier molecular flexibility index (Phi) is 11.6. The van der Waals surface area contributed by atoms with Gasteiger partial charge in [-0.1, -0.05) is 13.8 Å². The van der Waals surface area contributed by atoms with Crippen LogP contribution in [0, 0.1) is 5.92 Å². The maximum atomic E-state index is 12.6. The molecule has 0 aromatic carbocycles. The largest absolute Gasteiger partial charge is 0.388 e. The lowest BCUT2D eigenvalue weighted by molar-refractivity contribution is -0.140. The Morgan fingerprint density at radius 1 is 1.04 bits per heavy atom. The number of hydrogen-bond acceptors (Lipinski definition) is 7. The number of hydrogen-bond donors (Lipinski definition) is 4. The van der Waals surface area contributed by atoms with Crippen LogP contribution in [0.5, 0.6) is 0 Å². The lowest BCUT2D eigenvalue weighted by atomic mass is 10.1. The molecule has 0 unspecified atom stereocenters. The summed E-state index contributed by atoms with van der Waals surface area (Å²) in [5.41, 5.74) is 5.51. The number of carbonyl (C=O) groups excluding carboxylic acids is 2. The molecule has 3 atom stereocenters. The molecule has 1 aliphatic heterocycles. The molecule has 9 heteroatoms. The Balaban J connectivity index is 2.92. The molecule has 0 spiro atoms. The molecular formula is C19H37N3O6. The van der Waals surface area contributed by atoms with E-state index in [0.717, 1.165) is 6.42 Å². The van der Waals surface area contributed by atoms with Gasteiger partial charge in [-0.05, 0) is 18.8 Å². The normalized spacial score (nSPS) is 26.2. The highest BCUT2D eigenvalue weighted by Gasteiger charge is 2.29. The van der Waals surface area contributed by atoms with Crippen LogP contribution in [-0.2, 0) is 14.3 Å². The van der Waals surface area contributed by atoms with Crippen molar-refractivity contribution in [2.75, 3.05) is 45.9 Å². The zero-order valence-electron chi connectivity index (χ0n) is 17.1. The molecule has 2 amide bonds. The van der Waals surface area contributed by atoms with Gasteiger partial charge in [-0.2, -0.15) is 0 Å². The molecule has 1 heterocycles. The minimum Gasteiger partial charge on any atom is -0.388 e. The number of amides is 2. The molecule has 1 aliphatic rings. The highest BCUT2D eigenvalue weighted by molar-refractivity contribution is 5.77. The predicted octanol–water partition coefficient (Wildman–Crippen LogP) is -1.07. The molecule has 0 aromatic heterocycles. The predicted molar refractivity (Wildman–Crippen MR) is 104 cm³/mol. The second kappa shape index (κ2) is 13.1. The third kappa shape index (κ3) is 8.83. The summed E-state index contributed by atoms with van der Waals surface area (Å²) < 4.78 is 5.35. The summed E-state index contributed by atoms with van der Waals surface area (Å²) in [6.45, 7) is 5.37. The fourth-order valence-corrected chi connectivity index (χ4v) is 3.08. The van der Waals surface area contributed by atoms with E-state index < -0.39 is 18.3 Å². The molecule has 9 nitrogen and oxygen atoms in total. The van der Waals surface area contributed by atoms with Crippen molar-refractivity contribution in [3.63, 3.8) is 0 Å². The first kappa shape index (κ1) is 24.8. The lowest BCUT2D eigenvalue weighted by Gasteiger charge is -2.32. The Bertz CT molecular complexity index is 477. The third-order valence-corrected chi connectivity index (χ3v) is 4.74. The second-order valence-electron chi connectivity index (χ2n) is 7.76. The number of aliphatic hydroxyl groups is 3. The molecule has 1 fully saturated rings. The Labute approximate surface area is 167 Å². The third-order valence-electron chi connectivity index (χ3n) is 4.74. The molecule has 0 radical (unpaired) electrons. The van der Waals surface area contributed by atoms with Crippen LogP contribution in [0.3, 0.4) is 0 Å². The summed E-state index contributed by atoms with van der Waals surface area (Å²) in [6.07, 6.45) is -2.03. The van der Waals surface area contributed by atoms with Gasteiger partial charge in [0, 0.05) is 52.2 Å². The van der Waals surface area contributed by atoms with Crippen LogP contribution < -0.4 is 5.73 Å². The Morgan fingerprint density at radius 2 is 1.71 bits per heavy atom. The van der Waals surface area contributed by atoms with E-state index in [4.69, 9.17) is 10.5 Å². The first-order valence-electron chi connectivity index (χ1n) is 10.1. The van der Waals surface area contributed by atoms with Crippen molar-refractivity contribution < 1.29 is 29.6 Å². The zero-order chi connectivity index (χ0) is 21.1. The molecule has 0 aromatic rings. The average Bonchev–Trinajstić information content (AvgIpc) is 2.63. The number of nitrogens with two attached hydrogens (primary N) is 1. The average molecular weight is 404 g/mol. The SMILES string of the molecule is CC(C)CC(=O)N1CCN(C(=O)CCN)CCCCOC[C@@H](O)[C@H](O)[C@@H](O)C1. The number of nitrogens with zero attached hydrogens (tertiary/aromatic N) is 2. The molecule has 28 heavy (non-hydrogen) atoms. The van der Waals surface area contributed by atoms with E-state index in [2.05, 4.69) is 0 Å². The van der Waals surface area contributed by atoms with Crippen molar-refractivity contribution in [2.24, 2.45) is 11.7 Å². The topological polar surface area (TPSA) is 137 Å². The van der Waals surface area contributed by atoms with Gasteiger partial charge in [-0.25, -0.2) is 0 Å². The van der Waals surface area contributed by atoms with Crippen LogP contribution in [0.25, 0.3) is 0 Å². The van der Waals surface area contributed by atoms with Crippen LogP contribution in [0.2, 0.25) is 0 Å². The van der Waals surface area contributed by atoms with Gasteiger partial charge in [0.1, 0.15) is 18.3 Å². The van der Waals surface area contributed by atoms with Gasteiger partial charge in [0.2, 0.25) is 11.8 Å². The van der Waals surface area contributed by atoms with Crippen LogP contribution >= 0.6 is 0 Å². The maximum absolute atomic E-state index is 12.6. The van der Waals surface area contributed by atoms with Crippen molar-refractivity contribution in [2.45, 2.75) is 57.8 Å². The monoisotopic (exact) mass is 403 g/mol. The molecule has 0 bridgehead atoms. The van der Waals surface area contributed by atoms with Crippen molar-refractivity contribution in [3.05, 3.63) is 0 Å². The first-order chi connectivity index (χ1) is 13.3. The summed E-state index contributed by atoms with van der Waals surface area (Å²) in [6, 6.07) is 0. The van der Waals surface area contributed by atoms with E-state index in [1.54, 1.807) is 4.90 Å². The highest BCUT2D eigenvalue weighted by Crippen LogP contribution is 2.10. The smallest absolute Gasteiger partial charge is 0.223 e. The highest BCUT2D eigenvalue weighted by atomic mass is 16.5. The minimum absolute atomic E-state index is 0.0669. The summed E-state index contributed by atoms with van der Waals surface area (Å²) in [5, 5.41) is 30.5. The number of aliphatic hydroxyl groups excluding tert-OH is 3. The maximum Gasteiger partial charge on any atom is 0.223 e. The van der Waals surface area contributed by atoms with Gasteiger partial charge in [-0.15, -0.1) is 0 Å². The van der Waals surface area contributed by atoms with Gasteiger partial charge in [0.25, 0.3) is 0 Å². The molecule has 0 aliphatic carbocycles. The standard InChI is InChI=1S/C19H37N3O6/c1-14(2)11-18(26)22-9-8-21(17(25)5-6-20)7-3-4-10-28-13-16(24)19(27)15(23)12-22/h14-16,19,23-24,27H,3-13,20H2,1-2H3/t15-,16+,19+/m0/s1. The van der Waals surface area contributed by atoms with E-state index in [1.165, 1.54) is 4.90 Å². The summed E-state index contributed by atoms with van der Waals surface area (Å²) in [5.74, 6) is -0.0929. The molecular weight excluding hydrogens is 366 g/mol. The molecule has 1 saturated heterocycles. The van der Waals surface area contributed by atoms with Crippen molar-refractivity contribution >= 4 is 11.8 Å². The van der Waals surface area contributed by atoms with Gasteiger partial charge >= 0.3 is 0 Å². The number of ether oxygens (including phenoxy) is 1. The lowest BCUT2D eigenvalue weighted by Crippen LogP contribution is -2.50. The van der Waals surface area contributed by atoms with Crippen LogP contribution in [-0.4, -0.2) is 101 Å².